The number of hydrogen-bond donors (Lipinski definition) is 2. The number of hydrogen-bond acceptors (Lipinski definition) is 6. The van der Waals surface area contributed by atoms with Gasteiger partial charge in [0, 0.05) is 57.7 Å². The molecule has 1 aromatic heterocycles. The second-order valence-corrected chi connectivity index (χ2v) is 7.99. The first-order valence-corrected chi connectivity index (χ1v) is 10.9. The highest BCUT2D eigenvalue weighted by atomic mass is 16.5. The molecule has 0 amide bonds. The first kappa shape index (κ1) is 21.4. The molecular weight excluding hydrogens is 388 g/mol. The summed E-state index contributed by atoms with van der Waals surface area (Å²) in [5.41, 5.74) is 4.97. The van der Waals surface area contributed by atoms with E-state index in [4.69, 9.17) is 4.74 Å². The van der Waals surface area contributed by atoms with Crippen LogP contribution >= 0.6 is 0 Å². The highest BCUT2D eigenvalue weighted by Gasteiger charge is 2.18. The molecule has 3 aromatic rings. The molecule has 6 heteroatoms. The van der Waals surface area contributed by atoms with E-state index in [0.29, 0.717) is 13.2 Å². The summed E-state index contributed by atoms with van der Waals surface area (Å²) in [5.74, 6) is 0.784. The molecule has 2 N–H and O–H groups in total. The van der Waals surface area contributed by atoms with E-state index in [1.807, 2.05) is 12.1 Å². The third-order valence-electron chi connectivity index (χ3n) is 5.55. The van der Waals surface area contributed by atoms with Crippen molar-refractivity contribution in [2.45, 2.75) is 32.0 Å². The van der Waals surface area contributed by atoms with Gasteiger partial charge < -0.3 is 15.2 Å². The van der Waals surface area contributed by atoms with Gasteiger partial charge in [-0.3, -0.25) is 14.9 Å². The van der Waals surface area contributed by atoms with Crippen LogP contribution in [0.5, 0.6) is 5.75 Å². The van der Waals surface area contributed by atoms with Crippen molar-refractivity contribution in [3.63, 3.8) is 0 Å². The fourth-order valence-corrected chi connectivity index (χ4v) is 3.86. The molecule has 0 fully saturated rings. The van der Waals surface area contributed by atoms with E-state index in [-0.39, 0.29) is 0 Å². The first-order chi connectivity index (χ1) is 15.3. The minimum atomic E-state index is -0.507. The lowest BCUT2D eigenvalue weighted by Crippen LogP contribution is -2.38. The Kier molecular flexibility index (Phi) is 7.60. The number of rotatable bonds is 10. The van der Waals surface area contributed by atoms with Crippen molar-refractivity contribution in [2.24, 2.45) is 0 Å². The second-order valence-electron chi connectivity index (χ2n) is 7.99. The monoisotopic (exact) mass is 418 g/mol. The Morgan fingerprint density at radius 3 is 2.71 bits per heavy atom. The zero-order valence-corrected chi connectivity index (χ0v) is 17.8. The highest BCUT2D eigenvalue weighted by molar-refractivity contribution is 5.29. The van der Waals surface area contributed by atoms with Gasteiger partial charge in [-0.15, -0.1) is 0 Å². The van der Waals surface area contributed by atoms with Gasteiger partial charge in [0.1, 0.15) is 18.5 Å². The van der Waals surface area contributed by atoms with Gasteiger partial charge >= 0.3 is 0 Å². The summed E-state index contributed by atoms with van der Waals surface area (Å²) in [6.07, 6.45) is 6.59. The maximum Gasteiger partial charge on any atom is 0.119 e. The topological polar surface area (TPSA) is 70.5 Å². The van der Waals surface area contributed by atoms with Crippen molar-refractivity contribution in [3.8, 4) is 5.75 Å². The standard InChI is InChI=1S/C25H30N4O2/c30-24(18-29-14-10-21-3-1-2-4-22(21)17-29)19-31-25-7-5-20(6-8-25)15-26-11-9-23-16-27-12-13-28-23/h1-8,12-13,16,24,26,30H,9-11,14-15,17-19H2. The summed E-state index contributed by atoms with van der Waals surface area (Å²) in [6, 6.07) is 16.6. The molecule has 0 radical (unpaired) electrons. The predicted octanol–water partition coefficient (Wildman–Crippen LogP) is 2.61. The van der Waals surface area contributed by atoms with Crippen LogP contribution < -0.4 is 10.1 Å². The first-order valence-electron chi connectivity index (χ1n) is 10.9. The molecule has 0 aliphatic carbocycles. The van der Waals surface area contributed by atoms with Crippen molar-refractivity contribution in [1.82, 2.24) is 20.2 Å². The molecule has 0 saturated carbocycles. The number of aromatic nitrogens is 2. The van der Waals surface area contributed by atoms with Gasteiger partial charge in [-0.25, -0.2) is 0 Å². The summed E-state index contributed by atoms with van der Waals surface area (Å²) in [6.45, 7) is 4.44. The number of ether oxygens (including phenoxy) is 1. The van der Waals surface area contributed by atoms with Crippen LogP contribution in [0.1, 0.15) is 22.4 Å². The molecule has 162 valence electrons. The van der Waals surface area contributed by atoms with Crippen LogP contribution in [0.3, 0.4) is 0 Å². The number of aliphatic hydroxyl groups is 1. The van der Waals surface area contributed by atoms with Gasteiger partial charge in [0.15, 0.2) is 0 Å². The average molecular weight is 419 g/mol. The van der Waals surface area contributed by atoms with Gasteiger partial charge in [0.2, 0.25) is 0 Å². The van der Waals surface area contributed by atoms with E-state index >= 15 is 0 Å². The highest BCUT2D eigenvalue weighted by Crippen LogP contribution is 2.19. The summed E-state index contributed by atoms with van der Waals surface area (Å²) < 4.78 is 5.80. The van der Waals surface area contributed by atoms with Crippen LogP contribution in [-0.4, -0.2) is 52.3 Å². The molecule has 1 aliphatic heterocycles. The molecule has 2 aromatic carbocycles. The molecule has 2 heterocycles. The molecule has 0 saturated heterocycles. The van der Waals surface area contributed by atoms with E-state index in [9.17, 15) is 5.11 Å². The Morgan fingerprint density at radius 2 is 1.90 bits per heavy atom. The molecule has 0 bridgehead atoms. The maximum absolute atomic E-state index is 10.4. The van der Waals surface area contributed by atoms with E-state index < -0.39 is 6.10 Å². The third-order valence-corrected chi connectivity index (χ3v) is 5.55. The number of nitrogens with zero attached hydrogens (tertiary/aromatic N) is 3. The molecule has 1 unspecified atom stereocenters. The summed E-state index contributed by atoms with van der Waals surface area (Å²) in [5, 5.41) is 13.8. The zero-order valence-electron chi connectivity index (χ0n) is 17.8. The maximum atomic E-state index is 10.4. The zero-order chi connectivity index (χ0) is 21.3. The van der Waals surface area contributed by atoms with E-state index in [1.54, 1.807) is 18.6 Å². The SMILES string of the molecule is OC(COc1ccc(CNCCc2cnccn2)cc1)CN1CCc2ccccc2C1. The lowest BCUT2D eigenvalue weighted by atomic mass is 10.00. The Morgan fingerprint density at radius 1 is 1.06 bits per heavy atom. The number of nitrogens with one attached hydrogen (secondary N) is 1. The Balaban J connectivity index is 1.15. The lowest BCUT2D eigenvalue weighted by molar-refractivity contribution is 0.0638. The van der Waals surface area contributed by atoms with Gasteiger partial charge in [0.25, 0.3) is 0 Å². The van der Waals surface area contributed by atoms with E-state index in [1.165, 1.54) is 16.7 Å². The van der Waals surface area contributed by atoms with Crippen LogP contribution in [0, 0.1) is 0 Å². The lowest BCUT2D eigenvalue weighted by Gasteiger charge is -2.30. The Bertz CT molecular complexity index is 934. The van der Waals surface area contributed by atoms with Crippen LogP contribution in [0.25, 0.3) is 0 Å². The Labute approximate surface area is 183 Å². The molecule has 0 spiro atoms. The summed E-state index contributed by atoms with van der Waals surface area (Å²) in [7, 11) is 0. The smallest absolute Gasteiger partial charge is 0.119 e. The van der Waals surface area contributed by atoms with Crippen molar-refractivity contribution in [3.05, 3.63) is 89.5 Å². The van der Waals surface area contributed by atoms with Gasteiger partial charge in [-0.05, 0) is 35.2 Å². The van der Waals surface area contributed by atoms with Gasteiger partial charge in [-0.2, -0.15) is 0 Å². The minimum Gasteiger partial charge on any atom is -0.491 e. The van der Waals surface area contributed by atoms with Crippen molar-refractivity contribution < 1.29 is 9.84 Å². The molecule has 1 atom stereocenters. The van der Waals surface area contributed by atoms with E-state index in [0.717, 1.165) is 50.5 Å². The van der Waals surface area contributed by atoms with Crippen LogP contribution in [0.2, 0.25) is 0 Å². The van der Waals surface area contributed by atoms with Crippen molar-refractivity contribution >= 4 is 0 Å². The van der Waals surface area contributed by atoms with E-state index in [2.05, 4.69) is 56.6 Å². The number of aliphatic hydroxyl groups excluding tert-OH is 1. The molecule has 1 aliphatic rings. The summed E-state index contributed by atoms with van der Waals surface area (Å²) in [4.78, 5) is 10.6. The third kappa shape index (κ3) is 6.59. The van der Waals surface area contributed by atoms with Gasteiger partial charge in [0.05, 0.1) is 5.69 Å². The van der Waals surface area contributed by atoms with Crippen LogP contribution in [-0.2, 0) is 25.9 Å². The molecule has 31 heavy (non-hydrogen) atoms. The second kappa shape index (κ2) is 11.0. The fourth-order valence-electron chi connectivity index (χ4n) is 3.86. The average Bonchev–Trinajstić information content (AvgIpc) is 2.82. The van der Waals surface area contributed by atoms with Gasteiger partial charge in [-0.1, -0.05) is 36.4 Å². The number of fused-ring (bicyclic) bond motifs is 1. The minimum absolute atomic E-state index is 0.299. The fraction of sp³-hybridized carbons (Fsp3) is 0.360. The largest absolute Gasteiger partial charge is 0.491 e. The quantitative estimate of drug-likeness (QED) is 0.493. The normalized spacial score (nSPS) is 14.7. The molecule has 4 rings (SSSR count). The van der Waals surface area contributed by atoms with Crippen molar-refractivity contribution in [1.29, 1.82) is 0 Å². The predicted molar refractivity (Wildman–Crippen MR) is 121 cm³/mol. The number of β-amino-alcohol motifs (C(OH)–C–C–N with tert-alkyl or cyclic N) is 1. The summed E-state index contributed by atoms with van der Waals surface area (Å²) >= 11 is 0. The molecule has 6 nitrogen and oxygen atoms in total. The Hall–Kier alpha value is -2.80. The number of benzene rings is 2. The van der Waals surface area contributed by atoms with Crippen LogP contribution in [0.15, 0.2) is 67.1 Å². The molecular formula is C25H30N4O2. The van der Waals surface area contributed by atoms with Crippen molar-refractivity contribution in [2.75, 3.05) is 26.2 Å². The van der Waals surface area contributed by atoms with Crippen LogP contribution in [0.4, 0.5) is 0 Å².